The first-order valence-electron chi connectivity index (χ1n) is 10.4. The van der Waals surface area contributed by atoms with E-state index < -0.39 is 16.0 Å². The van der Waals surface area contributed by atoms with Gasteiger partial charge in [0.25, 0.3) is 0 Å². The highest BCUT2D eigenvalue weighted by Gasteiger charge is 2.32. The summed E-state index contributed by atoms with van der Waals surface area (Å²) in [6.07, 6.45) is -0.427. The number of carbonyl (C=O) groups is 1. The molecular weight excluding hydrogens is 467 g/mol. The van der Waals surface area contributed by atoms with Gasteiger partial charge in [0.05, 0.1) is 28.4 Å². The third-order valence-electron chi connectivity index (χ3n) is 5.09. The van der Waals surface area contributed by atoms with Crippen molar-refractivity contribution in [3.63, 3.8) is 0 Å². The van der Waals surface area contributed by atoms with Gasteiger partial charge in [-0.25, -0.2) is 22.6 Å². The van der Waals surface area contributed by atoms with Crippen LogP contribution in [0.5, 0.6) is 0 Å². The van der Waals surface area contributed by atoms with E-state index in [0.29, 0.717) is 10.7 Å². The van der Waals surface area contributed by atoms with Crippen molar-refractivity contribution in [3.05, 3.63) is 71.0 Å². The minimum Gasteiger partial charge on any atom is -0.456 e. The van der Waals surface area contributed by atoms with Crippen LogP contribution in [0.15, 0.2) is 58.8 Å². The van der Waals surface area contributed by atoms with Crippen LogP contribution < -0.4 is 0 Å². The van der Waals surface area contributed by atoms with E-state index in [0.717, 1.165) is 5.56 Å². The Hall–Kier alpha value is -2.66. The molecule has 7 nitrogen and oxygen atoms in total. The van der Waals surface area contributed by atoms with E-state index in [1.165, 1.54) is 52.0 Å². The van der Waals surface area contributed by atoms with Crippen molar-refractivity contribution in [3.8, 4) is 10.6 Å². The smallest absolute Gasteiger partial charge is 0.338 e. The molecule has 2 unspecified atom stereocenters. The molecule has 4 rings (SSSR count). The molecule has 2 atom stereocenters. The summed E-state index contributed by atoms with van der Waals surface area (Å²) in [6.45, 7) is 4.09. The predicted octanol–water partition coefficient (Wildman–Crippen LogP) is 4.10. The number of morpholine rings is 1. The number of nitrogens with zero attached hydrogens (tertiary/aromatic N) is 2. The van der Waals surface area contributed by atoms with Crippen molar-refractivity contribution in [2.24, 2.45) is 0 Å². The Morgan fingerprint density at radius 2 is 1.88 bits per heavy atom. The standard InChI is InChI=1S/C23H23FN2O5S2/c1-15-11-26(12-16(2)31-15)33(28,29)21-5-3-4-18(10-21)23(27)30-13-20-14-32-22(25-20)17-6-8-19(24)9-7-17/h3-10,14-16H,11-13H2,1-2H3. The molecule has 0 saturated carbocycles. The van der Waals surface area contributed by atoms with Gasteiger partial charge in [-0.2, -0.15) is 4.31 Å². The zero-order chi connectivity index (χ0) is 23.6. The SMILES string of the molecule is CC1CN(S(=O)(=O)c2cccc(C(=O)OCc3csc(-c4ccc(F)cc4)n3)c2)CC(C)O1. The van der Waals surface area contributed by atoms with E-state index in [1.807, 2.05) is 13.8 Å². The minimum atomic E-state index is -3.77. The predicted molar refractivity (Wildman–Crippen MR) is 122 cm³/mol. The first-order chi connectivity index (χ1) is 15.7. The fourth-order valence-corrected chi connectivity index (χ4v) is 6.03. The van der Waals surface area contributed by atoms with Gasteiger partial charge in [-0.05, 0) is 56.3 Å². The van der Waals surface area contributed by atoms with Crippen molar-refractivity contribution >= 4 is 27.3 Å². The highest BCUT2D eigenvalue weighted by atomic mass is 32.2. The zero-order valence-corrected chi connectivity index (χ0v) is 19.7. The molecule has 0 bridgehead atoms. The van der Waals surface area contributed by atoms with Crippen molar-refractivity contribution in [2.75, 3.05) is 13.1 Å². The van der Waals surface area contributed by atoms with Gasteiger partial charge in [0.1, 0.15) is 17.4 Å². The molecule has 3 aromatic rings. The van der Waals surface area contributed by atoms with Crippen LogP contribution in [-0.4, -0.2) is 49.0 Å². The number of thiazole rings is 1. The molecule has 2 aromatic carbocycles. The third-order valence-corrected chi connectivity index (χ3v) is 7.86. The van der Waals surface area contributed by atoms with Gasteiger partial charge in [-0.1, -0.05) is 6.07 Å². The number of hydrogen-bond acceptors (Lipinski definition) is 7. The van der Waals surface area contributed by atoms with Gasteiger partial charge in [-0.15, -0.1) is 11.3 Å². The molecule has 0 N–H and O–H groups in total. The highest BCUT2D eigenvalue weighted by Crippen LogP contribution is 2.25. The summed E-state index contributed by atoms with van der Waals surface area (Å²) in [5.74, 6) is -0.974. The third kappa shape index (κ3) is 5.47. The summed E-state index contributed by atoms with van der Waals surface area (Å²) in [4.78, 5) is 17.0. The first kappa shape index (κ1) is 23.5. The van der Waals surface area contributed by atoms with E-state index in [1.54, 1.807) is 17.5 Å². The van der Waals surface area contributed by atoms with E-state index in [9.17, 15) is 17.6 Å². The summed E-state index contributed by atoms with van der Waals surface area (Å²) >= 11 is 1.36. The summed E-state index contributed by atoms with van der Waals surface area (Å²) in [7, 11) is -3.77. The molecule has 0 spiro atoms. The largest absolute Gasteiger partial charge is 0.456 e. The van der Waals surface area contributed by atoms with Gasteiger partial charge in [0.2, 0.25) is 10.0 Å². The average Bonchev–Trinajstić information content (AvgIpc) is 3.26. The maximum atomic E-state index is 13.1. The number of halogens is 1. The van der Waals surface area contributed by atoms with Crippen LogP contribution in [0.1, 0.15) is 29.9 Å². The first-order valence-corrected chi connectivity index (χ1v) is 12.7. The van der Waals surface area contributed by atoms with Gasteiger partial charge in [0, 0.05) is 24.0 Å². The van der Waals surface area contributed by atoms with E-state index >= 15 is 0 Å². The lowest BCUT2D eigenvalue weighted by Crippen LogP contribution is -2.48. The maximum absolute atomic E-state index is 13.1. The summed E-state index contributed by atoms with van der Waals surface area (Å²) < 4.78 is 51.6. The summed E-state index contributed by atoms with van der Waals surface area (Å²) in [5, 5.41) is 2.44. The van der Waals surface area contributed by atoms with Crippen molar-refractivity contribution in [2.45, 2.75) is 37.6 Å². The Morgan fingerprint density at radius 1 is 1.18 bits per heavy atom. The lowest BCUT2D eigenvalue weighted by molar-refractivity contribution is -0.0440. The molecule has 33 heavy (non-hydrogen) atoms. The number of carbonyl (C=O) groups excluding carboxylic acids is 1. The number of esters is 1. The van der Waals surface area contributed by atoms with Crippen molar-refractivity contribution < 1.29 is 27.1 Å². The monoisotopic (exact) mass is 490 g/mol. The molecule has 10 heteroatoms. The Kier molecular flexibility index (Phi) is 6.89. The molecule has 1 fully saturated rings. The summed E-state index contributed by atoms with van der Waals surface area (Å²) in [5.41, 5.74) is 1.45. The Bertz CT molecular complexity index is 1230. The molecule has 1 saturated heterocycles. The Labute approximate surface area is 195 Å². The van der Waals surface area contributed by atoms with Crippen LogP contribution in [0.4, 0.5) is 4.39 Å². The van der Waals surface area contributed by atoms with Crippen molar-refractivity contribution in [1.82, 2.24) is 9.29 Å². The van der Waals surface area contributed by atoms with E-state index in [4.69, 9.17) is 9.47 Å². The van der Waals surface area contributed by atoms with E-state index in [2.05, 4.69) is 4.98 Å². The molecule has 0 aliphatic carbocycles. The fourth-order valence-electron chi connectivity index (χ4n) is 3.58. The van der Waals surface area contributed by atoms with Crippen LogP contribution in [-0.2, 0) is 26.1 Å². The average molecular weight is 491 g/mol. The Morgan fingerprint density at radius 3 is 2.58 bits per heavy atom. The Balaban J connectivity index is 1.43. The topological polar surface area (TPSA) is 85.8 Å². The molecule has 1 aliphatic rings. The second-order valence-corrected chi connectivity index (χ2v) is 10.6. The normalized spacial score (nSPS) is 19.4. The molecule has 0 amide bonds. The molecule has 1 aliphatic heterocycles. The molecular formula is C23H23FN2O5S2. The van der Waals surface area contributed by atoms with Gasteiger partial charge in [-0.3, -0.25) is 0 Å². The van der Waals surface area contributed by atoms with Crippen LogP contribution in [0.2, 0.25) is 0 Å². The van der Waals surface area contributed by atoms with Gasteiger partial charge >= 0.3 is 5.97 Å². The number of hydrogen-bond donors (Lipinski definition) is 0. The van der Waals surface area contributed by atoms with Crippen LogP contribution in [0, 0.1) is 5.82 Å². The second kappa shape index (κ2) is 9.68. The van der Waals surface area contributed by atoms with Gasteiger partial charge in [0.15, 0.2) is 0 Å². The van der Waals surface area contributed by atoms with E-state index in [-0.39, 0.29) is 48.2 Å². The maximum Gasteiger partial charge on any atom is 0.338 e. The van der Waals surface area contributed by atoms with Crippen LogP contribution in [0.3, 0.4) is 0 Å². The minimum absolute atomic E-state index is 0.0329. The molecule has 174 valence electrons. The lowest BCUT2D eigenvalue weighted by Gasteiger charge is -2.34. The molecule has 0 radical (unpaired) electrons. The highest BCUT2D eigenvalue weighted by molar-refractivity contribution is 7.89. The zero-order valence-electron chi connectivity index (χ0n) is 18.1. The number of sulfonamides is 1. The number of rotatable bonds is 6. The summed E-state index contributed by atoms with van der Waals surface area (Å²) in [6, 6.07) is 11.8. The number of ether oxygens (including phenoxy) is 2. The lowest BCUT2D eigenvalue weighted by atomic mass is 10.2. The molecule has 2 heterocycles. The quantitative estimate of drug-likeness (QED) is 0.484. The number of benzene rings is 2. The second-order valence-electron chi connectivity index (χ2n) is 7.83. The molecule has 1 aromatic heterocycles. The van der Waals surface area contributed by atoms with Crippen LogP contribution in [0.25, 0.3) is 10.6 Å². The fraction of sp³-hybridized carbons (Fsp3) is 0.304. The van der Waals surface area contributed by atoms with Gasteiger partial charge < -0.3 is 9.47 Å². The van der Waals surface area contributed by atoms with Crippen LogP contribution >= 0.6 is 11.3 Å². The van der Waals surface area contributed by atoms with Crippen molar-refractivity contribution in [1.29, 1.82) is 0 Å². The number of aromatic nitrogens is 1.